The number of nitrogens with zero attached hydrogens (tertiary/aromatic N) is 6. The first-order valence-electron chi connectivity index (χ1n) is 13.1. The molecule has 0 aliphatic carbocycles. The maximum Gasteiger partial charge on any atom is 0.288 e. The predicted molar refractivity (Wildman–Crippen MR) is 149 cm³/mol. The highest BCUT2D eigenvalue weighted by molar-refractivity contribution is 7.93. The van der Waals surface area contributed by atoms with E-state index >= 15 is 4.79 Å². The monoisotopic (exact) mass is 574 g/mol. The molecule has 0 bridgehead atoms. The van der Waals surface area contributed by atoms with E-state index in [0.717, 1.165) is 16.3 Å². The van der Waals surface area contributed by atoms with E-state index < -0.39 is 27.5 Å². The van der Waals surface area contributed by atoms with E-state index in [0.29, 0.717) is 19.4 Å². The number of hydrogen-bond donors (Lipinski definition) is 0. The van der Waals surface area contributed by atoms with Gasteiger partial charge >= 0.3 is 0 Å². The number of aryl methyl sites for hydroxylation is 1. The van der Waals surface area contributed by atoms with Crippen LogP contribution >= 0.6 is 0 Å². The summed E-state index contributed by atoms with van der Waals surface area (Å²) in [7, 11) is 0.176. The van der Waals surface area contributed by atoms with Crippen LogP contribution in [0.1, 0.15) is 41.5 Å². The topological polar surface area (TPSA) is 137 Å². The summed E-state index contributed by atoms with van der Waals surface area (Å²) >= 11 is 0. The Morgan fingerprint density at radius 1 is 1.15 bits per heavy atom. The van der Waals surface area contributed by atoms with E-state index in [9.17, 15) is 18.5 Å². The number of fused-ring (bicyclic) bond motifs is 1. The van der Waals surface area contributed by atoms with Crippen LogP contribution < -0.4 is 9.04 Å². The second-order valence-corrected chi connectivity index (χ2v) is 12.0. The Labute approximate surface area is 239 Å². The average Bonchev–Trinajstić information content (AvgIpc) is 3.25. The van der Waals surface area contributed by atoms with Crippen LogP contribution in [-0.2, 0) is 25.2 Å². The molecular weight excluding hydrogens is 544 g/mol. The summed E-state index contributed by atoms with van der Waals surface area (Å²) in [5.41, 5.74) is -0.272. The molecule has 1 fully saturated rings. The fourth-order valence-corrected chi connectivity index (χ4v) is 7.17. The zero-order valence-electron chi connectivity index (χ0n) is 23.2. The number of carbonyl (C=O) groups is 2. The molecular formula is C29H30N6O5S. The van der Waals surface area contributed by atoms with E-state index in [1.54, 1.807) is 44.1 Å². The van der Waals surface area contributed by atoms with E-state index in [-0.39, 0.29) is 39.2 Å². The van der Waals surface area contributed by atoms with Crippen LogP contribution in [-0.4, -0.2) is 73.8 Å². The molecule has 1 unspecified atom stereocenters. The zero-order valence-corrected chi connectivity index (χ0v) is 24.1. The number of ether oxygens (including phenoxy) is 1. The third kappa shape index (κ3) is 4.32. The predicted octanol–water partition coefficient (Wildman–Crippen LogP) is 2.59. The quantitative estimate of drug-likeness (QED) is 0.435. The fraction of sp³-hybridized carbons (Fsp3) is 0.345. The van der Waals surface area contributed by atoms with E-state index in [1.165, 1.54) is 48.7 Å². The third-order valence-corrected chi connectivity index (χ3v) is 9.24. The molecule has 4 heterocycles. The number of rotatable bonds is 6. The minimum Gasteiger partial charge on any atom is -0.481 e. The molecule has 212 valence electrons. The van der Waals surface area contributed by atoms with Crippen molar-refractivity contribution in [2.75, 3.05) is 32.1 Å². The highest BCUT2D eigenvalue weighted by Gasteiger charge is 2.63. The van der Waals surface area contributed by atoms with Gasteiger partial charge in [-0.2, -0.15) is 18.0 Å². The Balaban J connectivity index is 1.88. The number of amides is 2. The van der Waals surface area contributed by atoms with Gasteiger partial charge in [0.05, 0.1) is 30.5 Å². The van der Waals surface area contributed by atoms with Crippen LogP contribution in [0.15, 0.2) is 59.9 Å². The minimum absolute atomic E-state index is 0.0731. The van der Waals surface area contributed by atoms with E-state index in [1.807, 2.05) is 0 Å². The van der Waals surface area contributed by atoms with Crippen LogP contribution in [0.5, 0.6) is 5.88 Å². The van der Waals surface area contributed by atoms with Crippen molar-refractivity contribution in [2.45, 2.75) is 42.8 Å². The molecule has 0 radical (unpaired) electrons. The van der Waals surface area contributed by atoms with Gasteiger partial charge in [0.25, 0.3) is 15.9 Å². The number of hydrogen-bond acceptors (Lipinski definition) is 9. The summed E-state index contributed by atoms with van der Waals surface area (Å²) < 4.78 is 34.8. The number of methoxy groups -OCH3 is 1. The number of likely N-dealkylation sites (N-methyl/N-ethyl adjacent to an activating group) is 1. The molecule has 0 N–H and O–H groups in total. The molecule has 41 heavy (non-hydrogen) atoms. The van der Waals surface area contributed by atoms with Gasteiger partial charge < -0.3 is 9.64 Å². The third-order valence-electron chi connectivity index (χ3n) is 7.63. The Morgan fingerprint density at radius 2 is 1.93 bits per heavy atom. The number of sulfonamides is 1. The van der Waals surface area contributed by atoms with E-state index in [4.69, 9.17) is 4.74 Å². The van der Waals surface area contributed by atoms with Gasteiger partial charge in [-0.05, 0) is 61.7 Å². The maximum absolute atomic E-state index is 15.1. The molecule has 2 aliphatic rings. The van der Waals surface area contributed by atoms with E-state index in [2.05, 4.69) is 16.0 Å². The van der Waals surface area contributed by atoms with Gasteiger partial charge in [-0.15, -0.1) is 0 Å². The first kappa shape index (κ1) is 28.2. The van der Waals surface area contributed by atoms with Crippen LogP contribution in [0.2, 0.25) is 0 Å². The number of benzene rings is 1. The van der Waals surface area contributed by atoms with Crippen LogP contribution in [0.3, 0.4) is 0 Å². The van der Waals surface area contributed by atoms with Crippen molar-refractivity contribution < 1.29 is 22.7 Å². The van der Waals surface area contributed by atoms with Crippen molar-refractivity contribution in [3.05, 3.63) is 77.1 Å². The summed E-state index contributed by atoms with van der Waals surface area (Å²) in [6.45, 7) is 2.09. The largest absolute Gasteiger partial charge is 0.481 e. The lowest BCUT2D eigenvalue weighted by Crippen LogP contribution is -2.62. The number of nitriles is 1. The van der Waals surface area contributed by atoms with Crippen molar-refractivity contribution in [3.8, 4) is 11.9 Å². The number of likely N-dealkylation sites (tertiary alicyclic amines) is 1. The summed E-state index contributed by atoms with van der Waals surface area (Å²) in [5, 5.41) is 9.54. The molecule has 12 heteroatoms. The van der Waals surface area contributed by atoms with Gasteiger partial charge in [0.2, 0.25) is 11.8 Å². The molecule has 2 aliphatic heterocycles. The van der Waals surface area contributed by atoms with Gasteiger partial charge in [0, 0.05) is 44.2 Å². The normalized spacial score (nSPS) is 20.8. The second-order valence-electron chi connectivity index (χ2n) is 10.3. The highest BCUT2D eigenvalue weighted by atomic mass is 32.2. The maximum atomic E-state index is 15.1. The van der Waals surface area contributed by atoms with Crippen molar-refractivity contribution in [3.63, 3.8) is 0 Å². The Morgan fingerprint density at radius 3 is 2.59 bits per heavy atom. The lowest BCUT2D eigenvalue weighted by Gasteiger charge is -2.47. The molecule has 11 nitrogen and oxygen atoms in total. The molecule has 0 spiro atoms. The second kappa shape index (κ2) is 10.6. The molecule has 1 saturated heterocycles. The van der Waals surface area contributed by atoms with Crippen molar-refractivity contribution >= 4 is 27.5 Å². The van der Waals surface area contributed by atoms with Crippen LogP contribution in [0, 0.1) is 18.3 Å². The number of aromatic nitrogens is 2. The highest BCUT2D eigenvalue weighted by Crippen LogP contribution is 2.53. The van der Waals surface area contributed by atoms with Gasteiger partial charge in [0.1, 0.15) is 0 Å². The summed E-state index contributed by atoms with van der Waals surface area (Å²) in [6, 6.07) is 12.0. The Bertz CT molecular complexity index is 1670. The lowest BCUT2D eigenvalue weighted by molar-refractivity contribution is -0.142. The average molecular weight is 575 g/mol. The number of anilines is 1. The zero-order chi connectivity index (χ0) is 29.5. The molecule has 1 aromatic carbocycles. The Hall–Kier alpha value is -4.34. The molecule has 3 aromatic rings. The van der Waals surface area contributed by atoms with Crippen LogP contribution in [0.25, 0.3) is 0 Å². The van der Waals surface area contributed by atoms with Crippen molar-refractivity contribution in [2.24, 2.45) is 0 Å². The molecule has 2 aromatic heterocycles. The smallest absolute Gasteiger partial charge is 0.288 e. The van der Waals surface area contributed by atoms with Crippen molar-refractivity contribution in [1.29, 1.82) is 5.26 Å². The first-order valence-corrected chi connectivity index (χ1v) is 14.6. The molecule has 5 rings (SSSR count). The summed E-state index contributed by atoms with van der Waals surface area (Å²) in [6.07, 6.45) is 4.78. The lowest BCUT2D eigenvalue weighted by atomic mass is 9.79. The van der Waals surface area contributed by atoms with Crippen LogP contribution in [0.4, 0.5) is 5.69 Å². The van der Waals surface area contributed by atoms with Gasteiger partial charge in [-0.25, -0.2) is 9.97 Å². The van der Waals surface area contributed by atoms with Gasteiger partial charge in [-0.1, -0.05) is 12.5 Å². The Kier molecular flexibility index (Phi) is 7.27. The summed E-state index contributed by atoms with van der Waals surface area (Å²) in [5.74, 6) is -0.947. The number of pyridine rings is 2. The fourth-order valence-electron chi connectivity index (χ4n) is 5.79. The van der Waals surface area contributed by atoms with Gasteiger partial charge in [0.15, 0.2) is 10.6 Å². The first-order chi connectivity index (χ1) is 19.6. The van der Waals surface area contributed by atoms with Crippen molar-refractivity contribution in [1.82, 2.24) is 19.8 Å². The standard InChI is InChI=1S/C29H30N6O5S/c1-19-10-13-25(32-18-19)41(38,39)35-23-12-11-20(17-30)16-22(23)29(28(35)37,21-8-7-14-31-26(21)40-4)34-15-6-5-9-24(34)27(36)33(2)3/h7-8,10-14,16,18,24H,5-6,9,15H2,1-4H3/t24?,29-/m1/s1. The molecule has 2 amide bonds. The minimum atomic E-state index is -4.52. The van der Waals surface area contributed by atoms with Gasteiger partial charge in [-0.3, -0.25) is 14.5 Å². The summed E-state index contributed by atoms with van der Waals surface area (Å²) in [4.78, 5) is 40.4. The SMILES string of the molecule is COc1ncccc1[C@]1(N2CCCCC2C(=O)N(C)C)C(=O)N(S(=O)(=O)c2ccc(C)cn2)c2ccc(C#N)cc21. The number of carbonyl (C=O) groups excluding carboxylic acids is 2. The molecule has 0 saturated carbocycles. The molecule has 2 atom stereocenters. The number of piperidine rings is 1.